The Hall–Kier alpha value is -3.49. The molecule has 9 heteroatoms. The molecule has 0 fully saturated rings. The van der Waals surface area contributed by atoms with Gasteiger partial charge in [-0.2, -0.15) is 0 Å². The van der Waals surface area contributed by atoms with E-state index < -0.39 is 0 Å². The van der Waals surface area contributed by atoms with Crippen LogP contribution in [0.2, 0.25) is 5.02 Å². The molecule has 1 aromatic heterocycles. The number of rotatable bonds is 10. The molecule has 0 aliphatic heterocycles. The molecule has 0 radical (unpaired) electrons. The van der Waals surface area contributed by atoms with Crippen molar-refractivity contribution in [1.82, 2.24) is 9.55 Å². The number of hydrogen-bond donors (Lipinski definition) is 0. The highest BCUT2D eigenvalue weighted by molar-refractivity contribution is 7.98. The monoisotopic (exact) mass is 526 g/mol. The van der Waals surface area contributed by atoms with Crippen LogP contribution in [0.4, 0.5) is 0 Å². The number of imidazole rings is 1. The molecule has 188 valence electrons. The van der Waals surface area contributed by atoms with E-state index in [2.05, 4.69) is 0 Å². The van der Waals surface area contributed by atoms with Crippen LogP contribution in [0.5, 0.6) is 28.7 Å². The van der Waals surface area contributed by atoms with Gasteiger partial charge in [0, 0.05) is 28.6 Å². The third kappa shape index (κ3) is 5.34. The maximum Gasteiger partial charge on any atom is 0.203 e. The van der Waals surface area contributed by atoms with Crippen LogP contribution in [-0.4, -0.2) is 45.1 Å². The van der Waals surface area contributed by atoms with Crippen LogP contribution < -0.4 is 23.7 Å². The molecule has 0 amide bonds. The number of methoxy groups -OCH3 is 5. The molecule has 0 saturated heterocycles. The molecule has 0 unspecified atom stereocenters. The zero-order chi connectivity index (χ0) is 25.7. The lowest BCUT2D eigenvalue weighted by molar-refractivity contribution is 0.324. The predicted octanol–water partition coefficient (Wildman–Crippen LogP) is 6.53. The second-order valence-electron chi connectivity index (χ2n) is 7.65. The summed E-state index contributed by atoms with van der Waals surface area (Å²) in [4.78, 5) is 4.97. The zero-order valence-electron chi connectivity index (χ0n) is 20.7. The predicted molar refractivity (Wildman–Crippen MR) is 143 cm³/mol. The highest BCUT2D eigenvalue weighted by Crippen LogP contribution is 2.42. The molecule has 1 heterocycles. The van der Waals surface area contributed by atoms with Crippen molar-refractivity contribution in [3.8, 4) is 45.7 Å². The van der Waals surface area contributed by atoms with Gasteiger partial charge in [-0.1, -0.05) is 35.5 Å². The van der Waals surface area contributed by atoms with Crippen LogP contribution in [0.1, 0.15) is 5.56 Å². The first-order valence-corrected chi connectivity index (χ1v) is 12.4. The highest BCUT2D eigenvalue weighted by atomic mass is 35.5. The quantitative estimate of drug-likeness (QED) is 0.218. The van der Waals surface area contributed by atoms with Crippen molar-refractivity contribution < 1.29 is 23.7 Å². The van der Waals surface area contributed by atoms with E-state index in [0.717, 1.165) is 33.4 Å². The Morgan fingerprint density at radius 1 is 0.750 bits per heavy atom. The van der Waals surface area contributed by atoms with Crippen LogP contribution in [0.15, 0.2) is 66.0 Å². The van der Waals surface area contributed by atoms with Crippen molar-refractivity contribution in [3.05, 3.63) is 71.4 Å². The van der Waals surface area contributed by atoms with Gasteiger partial charge in [0.1, 0.15) is 0 Å². The first-order chi connectivity index (χ1) is 17.5. The van der Waals surface area contributed by atoms with Crippen LogP contribution in [-0.2, 0) is 5.75 Å². The van der Waals surface area contributed by atoms with Gasteiger partial charge in [-0.25, -0.2) is 4.98 Å². The van der Waals surface area contributed by atoms with E-state index in [1.807, 2.05) is 65.4 Å². The van der Waals surface area contributed by atoms with E-state index in [0.29, 0.717) is 33.8 Å². The summed E-state index contributed by atoms with van der Waals surface area (Å²) in [5.74, 6) is 3.65. The van der Waals surface area contributed by atoms with Crippen LogP contribution >= 0.6 is 23.4 Å². The number of aromatic nitrogens is 2. The van der Waals surface area contributed by atoms with Gasteiger partial charge in [0.15, 0.2) is 28.2 Å². The Kier molecular flexibility index (Phi) is 8.18. The molecule has 0 aliphatic rings. The lowest BCUT2D eigenvalue weighted by Crippen LogP contribution is -1.98. The van der Waals surface area contributed by atoms with Gasteiger partial charge in [-0.05, 0) is 42.0 Å². The normalized spacial score (nSPS) is 10.7. The Morgan fingerprint density at radius 2 is 1.39 bits per heavy atom. The van der Waals surface area contributed by atoms with Gasteiger partial charge in [-0.15, -0.1) is 0 Å². The summed E-state index contributed by atoms with van der Waals surface area (Å²) in [6.07, 6.45) is 1.98. The van der Waals surface area contributed by atoms with Crippen molar-refractivity contribution >= 4 is 23.4 Å². The number of thioether (sulfide) groups is 1. The molecule has 0 atom stereocenters. The number of halogens is 1. The number of benzene rings is 3. The fourth-order valence-corrected chi connectivity index (χ4v) is 4.80. The third-order valence-corrected chi connectivity index (χ3v) is 6.84. The Morgan fingerprint density at radius 3 is 1.97 bits per heavy atom. The standard InChI is InChI=1S/C27H27ClN2O5S/c1-31-22-11-10-20(14-23(22)32-2)30-15-21(18-12-24(33-3)26(35-5)25(13-18)34-4)29-27(30)36-16-17-6-8-19(28)9-7-17/h6-15H,16H2,1-5H3. The van der Waals surface area contributed by atoms with Crippen molar-refractivity contribution in [3.63, 3.8) is 0 Å². The lowest BCUT2D eigenvalue weighted by atomic mass is 10.1. The van der Waals surface area contributed by atoms with Crippen molar-refractivity contribution in [2.24, 2.45) is 0 Å². The van der Waals surface area contributed by atoms with Crippen LogP contribution in [0.25, 0.3) is 16.9 Å². The minimum absolute atomic E-state index is 0.528. The van der Waals surface area contributed by atoms with Crippen molar-refractivity contribution in [2.45, 2.75) is 10.9 Å². The number of nitrogens with zero attached hydrogens (tertiary/aromatic N) is 2. The lowest BCUT2D eigenvalue weighted by Gasteiger charge is -2.13. The third-order valence-electron chi connectivity index (χ3n) is 5.56. The Bertz CT molecular complexity index is 1320. The molecule has 0 saturated carbocycles. The largest absolute Gasteiger partial charge is 0.493 e. The maximum absolute atomic E-state index is 6.05. The van der Waals surface area contributed by atoms with E-state index >= 15 is 0 Å². The van der Waals surface area contributed by atoms with Gasteiger partial charge in [-0.3, -0.25) is 4.57 Å². The summed E-state index contributed by atoms with van der Waals surface area (Å²) in [7, 11) is 8.00. The smallest absolute Gasteiger partial charge is 0.203 e. The van der Waals surface area contributed by atoms with Gasteiger partial charge < -0.3 is 23.7 Å². The first-order valence-electron chi connectivity index (χ1n) is 11.0. The van der Waals surface area contributed by atoms with Crippen LogP contribution in [0.3, 0.4) is 0 Å². The van der Waals surface area contributed by atoms with Gasteiger partial charge in [0.2, 0.25) is 5.75 Å². The molecule has 36 heavy (non-hydrogen) atoms. The van der Waals surface area contributed by atoms with Crippen molar-refractivity contribution in [2.75, 3.05) is 35.5 Å². The molecule has 0 spiro atoms. The Balaban J connectivity index is 1.80. The van der Waals surface area contributed by atoms with Gasteiger partial charge >= 0.3 is 0 Å². The second-order valence-corrected chi connectivity index (χ2v) is 9.03. The van der Waals surface area contributed by atoms with Gasteiger partial charge in [0.05, 0.1) is 46.9 Å². The molecule has 4 rings (SSSR count). The molecular formula is C27H27ClN2O5S. The number of hydrogen-bond acceptors (Lipinski definition) is 7. The van der Waals surface area contributed by atoms with Crippen molar-refractivity contribution in [1.29, 1.82) is 0 Å². The van der Waals surface area contributed by atoms with Crippen LogP contribution in [0, 0.1) is 0 Å². The van der Waals surface area contributed by atoms with E-state index in [-0.39, 0.29) is 0 Å². The summed E-state index contributed by atoms with van der Waals surface area (Å²) in [5, 5.41) is 1.51. The average molecular weight is 527 g/mol. The van der Waals surface area contributed by atoms with E-state index in [4.69, 9.17) is 40.3 Å². The average Bonchev–Trinajstić information content (AvgIpc) is 3.35. The first kappa shape index (κ1) is 25.6. The highest BCUT2D eigenvalue weighted by Gasteiger charge is 2.19. The van der Waals surface area contributed by atoms with E-state index in [1.54, 1.807) is 47.3 Å². The summed E-state index contributed by atoms with van der Waals surface area (Å²) in [6.45, 7) is 0. The summed E-state index contributed by atoms with van der Waals surface area (Å²) < 4.78 is 29.5. The molecule has 0 bridgehead atoms. The Labute approximate surface area is 219 Å². The fourth-order valence-electron chi connectivity index (χ4n) is 3.72. The molecule has 3 aromatic carbocycles. The zero-order valence-corrected chi connectivity index (χ0v) is 22.3. The van der Waals surface area contributed by atoms with Gasteiger partial charge in [0.25, 0.3) is 0 Å². The molecule has 0 N–H and O–H groups in total. The number of ether oxygens (including phenoxy) is 5. The summed E-state index contributed by atoms with van der Waals surface area (Å²) >= 11 is 7.67. The second kappa shape index (κ2) is 11.5. The summed E-state index contributed by atoms with van der Waals surface area (Å²) in [6, 6.07) is 17.3. The minimum Gasteiger partial charge on any atom is -0.493 e. The summed E-state index contributed by atoms with van der Waals surface area (Å²) in [5.41, 5.74) is 3.61. The molecule has 0 aliphatic carbocycles. The topological polar surface area (TPSA) is 64.0 Å². The fraction of sp³-hybridized carbons (Fsp3) is 0.222. The van der Waals surface area contributed by atoms with E-state index in [9.17, 15) is 0 Å². The molecular weight excluding hydrogens is 500 g/mol. The molecule has 4 aromatic rings. The molecule has 7 nitrogen and oxygen atoms in total. The minimum atomic E-state index is 0.528. The maximum atomic E-state index is 6.05. The van der Waals surface area contributed by atoms with E-state index in [1.165, 1.54) is 0 Å². The SMILES string of the molecule is COc1ccc(-n2cc(-c3cc(OC)c(OC)c(OC)c3)nc2SCc2ccc(Cl)cc2)cc1OC.